The lowest BCUT2D eigenvalue weighted by Gasteiger charge is -2.03. The van der Waals surface area contributed by atoms with E-state index in [1.54, 1.807) is 24.3 Å². The van der Waals surface area contributed by atoms with Crippen molar-refractivity contribution in [2.24, 2.45) is 5.73 Å². The average Bonchev–Trinajstić information content (AvgIpc) is 2.72. The lowest BCUT2D eigenvalue weighted by Crippen LogP contribution is -2.29. The summed E-state index contributed by atoms with van der Waals surface area (Å²) in [6, 6.07) is 8.66. The van der Waals surface area contributed by atoms with Gasteiger partial charge in [0, 0.05) is 6.42 Å². The number of rotatable bonds is 17. The van der Waals surface area contributed by atoms with Crippen LogP contribution in [-0.2, 0) is 4.79 Å². The Hall–Kier alpha value is -1.33. The molecule has 4 N–H and O–H groups in total. The van der Waals surface area contributed by atoms with Crippen molar-refractivity contribution in [1.82, 2.24) is 0 Å². The molecule has 0 atom stereocenters. The van der Waals surface area contributed by atoms with Crippen LogP contribution in [0.25, 0.3) is 0 Å². The maximum atomic E-state index is 10.6. The van der Waals surface area contributed by atoms with Crippen LogP contribution in [0.3, 0.4) is 0 Å². The molecule has 166 valence electrons. The first kappa shape index (κ1) is 27.7. The van der Waals surface area contributed by atoms with Gasteiger partial charge >= 0.3 is 7.12 Å². The number of benzene rings is 1. The van der Waals surface area contributed by atoms with Crippen molar-refractivity contribution >= 4 is 18.5 Å². The molecule has 1 amide bonds. The predicted octanol–water partition coefficient (Wildman–Crippen LogP) is 5.10. The Morgan fingerprint density at radius 3 is 1.41 bits per heavy atom. The summed E-state index contributed by atoms with van der Waals surface area (Å²) in [5.41, 5.74) is 5.63. The van der Waals surface area contributed by atoms with Gasteiger partial charge in [-0.15, -0.1) is 0 Å². The summed E-state index contributed by atoms with van der Waals surface area (Å²) in [6.07, 6.45) is 20.9. The zero-order chi connectivity index (χ0) is 21.6. The highest BCUT2D eigenvalue weighted by atomic mass is 16.4. The van der Waals surface area contributed by atoms with Gasteiger partial charge in [0.2, 0.25) is 5.91 Å². The average molecular weight is 405 g/mol. The van der Waals surface area contributed by atoms with Crippen molar-refractivity contribution in [2.45, 2.75) is 110 Å². The molecule has 4 nitrogen and oxygen atoms in total. The number of carbonyl (C=O) groups excluding carboxylic acids is 1. The lowest BCUT2D eigenvalue weighted by atomic mass is 9.81. The molecule has 0 aliphatic rings. The molecule has 0 aliphatic carbocycles. The Morgan fingerprint density at radius 2 is 1.10 bits per heavy atom. The molecule has 0 saturated carbocycles. The third-order valence-corrected chi connectivity index (χ3v) is 5.12. The normalized spacial score (nSPS) is 10.3. The number of carbonyl (C=O) groups is 1. The van der Waals surface area contributed by atoms with Crippen molar-refractivity contribution in [1.29, 1.82) is 0 Å². The van der Waals surface area contributed by atoms with E-state index in [0.717, 1.165) is 6.42 Å². The number of amides is 1. The minimum atomic E-state index is -1.34. The molecule has 0 radical (unpaired) electrons. The second kappa shape index (κ2) is 21.4. The number of hydrogen-bond acceptors (Lipinski definition) is 3. The number of hydrogen-bond donors (Lipinski definition) is 3. The summed E-state index contributed by atoms with van der Waals surface area (Å²) in [5, 5.41) is 17.2. The molecule has 5 heteroatoms. The van der Waals surface area contributed by atoms with Crippen molar-refractivity contribution in [3.8, 4) is 0 Å². The molecular formula is C24H44BNO3. The third-order valence-electron chi connectivity index (χ3n) is 5.12. The quantitative estimate of drug-likeness (QED) is 0.249. The first-order chi connectivity index (χ1) is 14.1. The van der Waals surface area contributed by atoms with Crippen LogP contribution in [0.4, 0.5) is 0 Å². The monoisotopic (exact) mass is 405 g/mol. The highest BCUT2D eigenvalue weighted by Gasteiger charge is 2.07. The summed E-state index contributed by atoms with van der Waals surface area (Å²) < 4.78 is 0. The SMILES string of the molecule is CCCCCCCCCCCCCCCCCC(N)=O.OB(O)c1ccccc1. The standard InChI is InChI=1S/C18H37NO.C6H7BO2/c1-2-3-4-5-6-7-8-9-10-11-12-13-14-15-16-17-18(19)20;8-7(9)6-4-2-1-3-5-6/h2-17H2,1H3,(H2,19,20);1-5,8-9H. The topological polar surface area (TPSA) is 83.6 Å². The van der Waals surface area contributed by atoms with Gasteiger partial charge in [0.25, 0.3) is 0 Å². The molecule has 0 unspecified atom stereocenters. The van der Waals surface area contributed by atoms with Gasteiger partial charge in [0.15, 0.2) is 0 Å². The van der Waals surface area contributed by atoms with E-state index in [0.29, 0.717) is 11.9 Å². The van der Waals surface area contributed by atoms with Crippen LogP contribution in [0, 0.1) is 0 Å². The predicted molar refractivity (Wildman–Crippen MR) is 125 cm³/mol. The highest BCUT2D eigenvalue weighted by molar-refractivity contribution is 6.58. The summed E-state index contributed by atoms with van der Waals surface area (Å²) in [6.45, 7) is 2.28. The van der Waals surface area contributed by atoms with Crippen molar-refractivity contribution < 1.29 is 14.8 Å². The van der Waals surface area contributed by atoms with E-state index in [4.69, 9.17) is 15.8 Å². The maximum absolute atomic E-state index is 10.6. The number of unbranched alkanes of at least 4 members (excludes halogenated alkanes) is 14. The summed E-state index contributed by atoms with van der Waals surface area (Å²) >= 11 is 0. The van der Waals surface area contributed by atoms with Gasteiger partial charge < -0.3 is 15.8 Å². The van der Waals surface area contributed by atoms with E-state index >= 15 is 0 Å². The third kappa shape index (κ3) is 21.2. The molecule has 0 aromatic heterocycles. The van der Waals surface area contributed by atoms with Gasteiger partial charge in [0.1, 0.15) is 0 Å². The summed E-state index contributed by atoms with van der Waals surface area (Å²) in [7, 11) is -1.34. The molecule has 1 rings (SSSR count). The Kier molecular flexibility index (Phi) is 20.4. The van der Waals surface area contributed by atoms with E-state index in [1.165, 1.54) is 89.9 Å². The van der Waals surface area contributed by atoms with Crippen LogP contribution >= 0.6 is 0 Å². The van der Waals surface area contributed by atoms with Gasteiger partial charge in [-0.05, 0) is 11.9 Å². The van der Waals surface area contributed by atoms with Gasteiger partial charge in [-0.2, -0.15) is 0 Å². The Morgan fingerprint density at radius 1 is 0.724 bits per heavy atom. The fourth-order valence-electron chi connectivity index (χ4n) is 3.30. The zero-order valence-electron chi connectivity index (χ0n) is 18.7. The lowest BCUT2D eigenvalue weighted by molar-refractivity contribution is -0.118. The summed E-state index contributed by atoms with van der Waals surface area (Å²) in [5.74, 6) is -0.153. The Balaban J connectivity index is 0.000000717. The van der Waals surface area contributed by atoms with Crippen molar-refractivity contribution in [2.75, 3.05) is 0 Å². The van der Waals surface area contributed by atoms with Crippen LogP contribution in [0.15, 0.2) is 30.3 Å². The largest absolute Gasteiger partial charge is 0.488 e. The highest BCUT2D eigenvalue weighted by Crippen LogP contribution is 2.13. The number of primary amides is 1. The molecule has 1 aromatic carbocycles. The molecule has 1 aromatic rings. The van der Waals surface area contributed by atoms with Gasteiger partial charge in [-0.1, -0.05) is 127 Å². The van der Waals surface area contributed by atoms with Crippen LogP contribution in [0.1, 0.15) is 110 Å². The van der Waals surface area contributed by atoms with E-state index in [9.17, 15) is 4.79 Å². The fraction of sp³-hybridized carbons (Fsp3) is 0.708. The van der Waals surface area contributed by atoms with E-state index in [2.05, 4.69) is 6.92 Å². The number of nitrogens with two attached hydrogens (primary N) is 1. The molecule has 0 saturated heterocycles. The van der Waals surface area contributed by atoms with Crippen LogP contribution in [0.2, 0.25) is 0 Å². The maximum Gasteiger partial charge on any atom is 0.488 e. The van der Waals surface area contributed by atoms with E-state index in [1.807, 2.05) is 6.07 Å². The fourth-order valence-corrected chi connectivity index (χ4v) is 3.30. The van der Waals surface area contributed by atoms with E-state index in [-0.39, 0.29) is 5.91 Å². The van der Waals surface area contributed by atoms with Gasteiger partial charge in [-0.25, -0.2) is 0 Å². The molecular weight excluding hydrogens is 361 g/mol. The Bertz CT molecular complexity index is 468. The molecule has 0 bridgehead atoms. The van der Waals surface area contributed by atoms with Crippen LogP contribution < -0.4 is 11.2 Å². The minimum Gasteiger partial charge on any atom is -0.423 e. The van der Waals surface area contributed by atoms with Crippen LogP contribution in [-0.4, -0.2) is 23.1 Å². The molecule has 0 aliphatic heterocycles. The second-order valence-electron chi connectivity index (χ2n) is 7.95. The first-order valence-corrected chi connectivity index (χ1v) is 11.8. The van der Waals surface area contributed by atoms with Gasteiger partial charge in [-0.3, -0.25) is 4.79 Å². The molecule has 29 heavy (non-hydrogen) atoms. The Labute approximate surface area is 179 Å². The van der Waals surface area contributed by atoms with Crippen molar-refractivity contribution in [3.05, 3.63) is 30.3 Å². The molecule has 0 heterocycles. The molecule has 0 fully saturated rings. The van der Waals surface area contributed by atoms with E-state index < -0.39 is 7.12 Å². The smallest absolute Gasteiger partial charge is 0.423 e. The second-order valence-corrected chi connectivity index (χ2v) is 7.95. The van der Waals surface area contributed by atoms with Crippen LogP contribution in [0.5, 0.6) is 0 Å². The van der Waals surface area contributed by atoms with Crippen molar-refractivity contribution in [3.63, 3.8) is 0 Å². The first-order valence-electron chi connectivity index (χ1n) is 11.8. The zero-order valence-corrected chi connectivity index (χ0v) is 18.7. The molecule has 0 spiro atoms. The minimum absolute atomic E-state index is 0.153. The van der Waals surface area contributed by atoms with Gasteiger partial charge in [0.05, 0.1) is 0 Å². The summed E-state index contributed by atoms with van der Waals surface area (Å²) in [4.78, 5) is 10.6.